The number of aliphatic carboxylic acids is 1. The number of rotatable bonds is 8. The number of aliphatic hydroxyl groups is 1. The fourth-order valence-electron chi connectivity index (χ4n) is 5.25. The van der Waals surface area contributed by atoms with Gasteiger partial charge in [-0.3, -0.25) is 14.4 Å². The van der Waals surface area contributed by atoms with Crippen molar-refractivity contribution in [3.8, 4) is 0 Å². The highest BCUT2D eigenvalue weighted by Crippen LogP contribution is 2.38. The third kappa shape index (κ3) is 8.36. The Labute approximate surface area is 284 Å². The minimum Gasteiger partial charge on any atom is -0.477 e. The van der Waals surface area contributed by atoms with Crippen LogP contribution in [0.3, 0.4) is 0 Å². The van der Waals surface area contributed by atoms with E-state index in [2.05, 4.69) is 27.3 Å². The average molecular weight is 695 g/mol. The maximum absolute atomic E-state index is 14.0. The molecule has 49 heavy (non-hydrogen) atoms. The van der Waals surface area contributed by atoms with Gasteiger partial charge in [-0.2, -0.15) is 18.9 Å². The van der Waals surface area contributed by atoms with Crippen molar-refractivity contribution >= 4 is 64.0 Å². The largest absolute Gasteiger partial charge is 0.477 e. The number of anilines is 6. The Hall–Kier alpha value is -5.41. The minimum absolute atomic E-state index is 0.150. The van der Waals surface area contributed by atoms with E-state index in [4.69, 9.17) is 21.7 Å². The number of aromatic nitrogens is 4. The van der Waals surface area contributed by atoms with Crippen molar-refractivity contribution in [3.63, 3.8) is 0 Å². The summed E-state index contributed by atoms with van der Waals surface area (Å²) in [5.74, 6) is -5.38. The molecule has 0 atom stereocenters. The van der Waals surface area contributed by atoms with Crippen LogP contribution in [-0.2, 0) is 16.1 Å². The van der Waals surface area contributed by atoms with E-state index in [0.29, 0.717) is 29.8 Å². The summed E-state index contributed by atoms with van der Waals surface area (Å²) in [6.07, 6.45) is 7.49. The number of amides is 3. The smallest absolute Gasteiger partial charge is 0.374 e. The quantitative estimate of drug-likeness (QED) is 0.147. The van der Waals surface area contributed by atoms with E-state index in [1.807, 2.05) is 41.2 Å². The Morgan fingerprint density at radius 3 is 2.41 bits per heavy atom. The van der Waals surface area contributed by atoms with Gasteiger partial charge >= 0.3 is 17.9 Å². The molecule has 1 aliphatic heterocycles. The van der Waals surface area contributed by atoms with Crippen LogP contribution in [0.2, 0.25) is 5.15 Å². The van der Waals surface area contributed by atoms with Gasteiger partial charge in [0.25, 0.3) is 0 Å². The van der Waals surface area contributed by atoms with Crippen LogP contribution in [0, 0.1) is 0 Å². The zero-order valence-electron chi connectivity index (χ0n) is 26.3. The number of alkyl halides is 2. The van der Waals surface area contributed by atoms with Crippen molar-refractivity contribution in [3.05, 3.63) is 90.4 Å². The Morgan fingerprint density at radius 1 is 1.08 bits per heavy atom. The minimum atomic E-state index is -3.58. The van der Waals surface area contributed by atoms with Crippen LogP contribution >= 0.6 is 11.6 Å². The van der Waals surface area contributed by atoms with Crippen molar-refractivity contribution in [2.75, 3.05) is 20.4 Å². The summed E-state index contributed by atoms with van der Waals surface area (Å²) in [6.45, 7) is 4.10. The SMILES string of the molecule is C=CC(=O)Nc1cccc(N2C(=O)N(c3ccccc3)Cc3cnc(Nc4cn(C5CCC(O)CC5)nc4Cl)nc32)c1.CC(F)(F)C(=O)O. The molecule has 2 aromatic carbocycles. The summed E-state index contributed by atoms with van der Waals surface area (Å²) in [5.41, 5.74) is 3.01. The number of carboxylic acids is 1. The summed E-state index contributed by atoms with van der Waals surface area (Å²) in [4.78, 5) is 47.7. The van der Waals surface area contributed by atoms with Gasteiger partial charge in [0.15, 0.2) is 11.0 Å². The number of hydrogen-bond acceptors (Lipinski definition) is 8. The molecule has 6 rings (SSSR count). The Balaban J connectivity index is 0.000000606. The van der Waals surface area contributed by atoms with Crippen molar-refractivity contribution in [1.29, 1.82) is 0 Å². The van der Waals surface area contributed by atoms with Crippen molar-refractivity contribution in [1.82, 2.24) is 19.7 Å². The topological polar surface area (TPSA) is 166 Å². The van der Waals surface area contributed by atoms with E-state index in [0.717, 1.165) is 36.9 Å². The molecule has 2 aromatic heterocycles. The lowest BCUT2D eigenvalue weighted by atomic mass is 9.93. The number of carboxylic acid groups (broad SMARTS) is 1. The van der Waals surface area contributed by atoms with E-state index in [1.54, 1.807) is 35.4 Å². The average Bonchev–Trinajstić information content (AvgIpc) is 3.44. The first-order valence-electron chi connectivity index (χ1n) is 15.2. The number of carbonyl (C=O) groups is 3. The van der Waals surface area contributed by atoms with E-state index in [1.165, 1.54) is 11.0 Å². The van der Waals surface area contributed by atoms with Gasteiger partial charge in [0.05, 0.1) is 36.3 Å². The van der Waals surface area contributed by atoms with Crippen molar-refractivity contribution in [2.45, 2.75) is 57.2 Å². The summed E-state index contributed by atoms with van der Waals surface area (Å²) >= 11 is 6.48. The monoisotopic (exact) mass is 694 g/mol. The summed E-state index contributed by atoms with van der Waals surface area (Å²) in [5, 5.41) is 28.0. The molecule has 0 unspecified atom stereocenters. The van der Waals surface area contributed by atoms with Gasteiger partial charge in [-0.25, -0.2) is 19.5 Å². The van der Waals surface area contributed by atoms with Gasteiger partial charge in [-0.1, -0.05) is 42.4 Å². The third-order valence-corrected chi connectivity index (χ3v) is 8.06. The van der Waals surface area contributed by atoms with Crippen molar-refractivity contribution < 1.29 is 33.4 Å². The molecule has 0 bridgehead atoms. The van der Waals surface area contributed by atoms with Gasteiger partial charge in [0.2, 0.25) is 11.9 Å². The molecule has 0 spiro atoms. The summed E-state index contributed by atoms with van der Waals surface area (Å²) in [7, 11) is 0. The Bertz CT molecular complexity index is 1840. The second-order valence-corrected chi connectivity index (χ2v) is 11.8. The van der Waals surface area contributed by atoms with Crippen LogP contribution in [0.1, 0.15) is 44.2 Å². The third-order valence-electron chi connectivity index (χ3n) is 7.78. The maximum Gasteiger partial charge on any atom is 0.374 e. The molecule has 1 fully saturated rings. The zero-order chi connectivity index (χ0) is 35.3. The lowest BCUT2D eigenvalue weighted by Crippen LogP contribution is -2.45. The van der Waals surface area contributed by atoms with Gasteiger partial charge in [0.1, 0.15) is 0 Å². The highest BCUT2D eigenvalue weighted by molar-refractivity contribution is 6.32. The highest BCUT2D eigenvalue weighted by atomic mass is 35.5. The van der Waals surface area contributed by atoms with Crippen LogP contribution < -0.4 is 20.4 Å². The number of benzene rings is 2. The van der Waals surface area contributed by atoms with E-state index in [9.17, 15) is 28.3 Å². The molecular weight excluding hydrogens is 662 g/mol. The second-order valence-electron chi connectivity index (χ2n) is 11.4. The lowest BCUT2D eigenvalue weighted by molar-refractivity contribution is -0.161. The molecule has 4 N–H and O–H groups in total. The molecule has 3 amide bonds. The van der Waals surface area contributed by atoms with Gasteiger partial charge in [-0.05, 0) is 62.1 Å². The number of nitrogens with one attached hydrogen (secondary N) is 2. The molecule has 2 aliphatic rings. The normalized spacial score (nSPS) is 17.4. The predicted molar refractivity (Wildman–Crippen MR) is 180 cm³/mol. The van der Waals surface area contributed by atoms with Crippen LogP contribution in [0.4, 0.5) is 48.1 Å². The van der Waals surface area contributed by atoms with Crippen molar-refractivity contribution in [2.24, 2.45) is 0 Å². The van der Waals surface area contributed by atoms with Gasteiger partial charge in [0, 0.05) is 30.1 Å². The molecule has 3 heterocycles. The molecule has 13 nitrogen and oxygen atoms in total. The van der Waals surface area contributed by atoms with Crippen LogP contribution in [-0.4, -0.2) is 59.9 Å². The predicted octanol–water partition coefficient (Wildman–Crippen LogP) is 6.68. The number of fused-ring (bicyclic) bond motifs is 1. The van der Waals surface area contributed by atoms with Crippen LogP contribution in [0.5, 0.6) is 0 Å². The Kier molecular flexibility index (Phi) is 10.5. The van der Waals surface area contributed by atoms with Crippen LogP contribution in [0.15, 0.2) is 79.6 Å². The number of halogens is 3. The number of hydrogen-bond donors (Lipinski definition) is 4. The molecule has 256 valence electrons. The van der Waals surface area contributed by atoms with E-state index >= 15 is 0 Å². The fourth-order valence-corrected chi connectivity index (χ4v) is 5.44. The molecule has 1 aliphatic carbocycles. The summed E-state index contributed by atoms with van der Waals surface area (Å²) < 4.78 is 24.3. The zero-order valence-corrected chi connectivity index (χ0v) is 27.0. The van der Waals surface area contributed by atoms with E-state index in [-0.39, 0.29) is 41.7 Å². The van der Waals surface area contributed by atoms with Crippen LogP contribution in [0.25, 0.3) is 0 Å². The Morgan fingerprint density at radius 2 is 1.76 bits per heavy atom. The standard InChI is InChI=1S/C30H29ClN8O3.C3H4F2O2/c1-2-26(41)33-20-7-6-10-23(15-20)39-28-19(17-37(30(39)42)21-8-4-3-5-9-21)16-32-29(35-28)34-25-18-38(36-27(25)31)22-11-13-24(40)14-12-22;1-3(4,5)2(6)7/h2-10,15-16,18,22,24,40H,1,11-14,17H2,(H,33,41)(H,32,34,35);1H3,(H,6,7). The van der Waals surface area contributed by atoms with Gasteiger partial charge in [-0.15, -0.1) is 0 Å². The number of aliphatic hydroxyl groups excluding tert-OH is 1. The second kappa shape index (κ2) is 14.8. The van der Waals surface area contributed by atoms with Gasteiger partial charge < -0.3 is 20.8 Å². The number of carbonyl (C=O) groups excluding carboxylic acids is 2. The fraction of sp³-hybridized carbons (Fsp3) is 0.273. The molecule has 0 saturated heterocycles. The first-order valence-corrected chi connectivity index (χ1v) is 15.6. The first-order chi connectivity index (χ1) is 23.3. The summed E-state index contributed by atoms with van der Waals surface area (Å²) in [6, 6.07) is 16.2. The molecule has 16 heteroatoms. The first kappa shape index (κ1) is 34.9. The molecule has 0 radical (unpaired) electrons. The van der Waals surface area contributed by atoms with E-state index < -0.39 is 11.9 Å². The lowest BCUT2D eigenvalue weighted by Gasteiger charge is -2.36. The molecular formula is C33H33ClF2N8O5. The molecule has 1 saturated carbocycles. The highest BCUT2D eigenvalue weighted by Gasteiger charge is 2.35. The maximum atomic E-state index is 14.0. The number of nitrogens with zero attached hydrogens (tertiary/aromatic N) is 6. The molecule has 4 aromatic rings. The number of para-hydroxylation sites is 1. The number of urea groups is 1.